The van der Waals surface area contributed by atoms with Gasteiger partial charge in [0.05, 0.1) is 19.4 Å². The van der Waals surface area contributed by atoms with Crippen molar-refractivity contribution in [2.45, 2.75) is 62.1 Å². The highest BCUT2D eigenvalue weighted by molar-refractivity contribution is 7.99. The van der Waals surface area contributed by atoms with Gasteiger partial charge in [0, 0.05) is 42.8 Å². The number of aromatic nitrogens is 2. The molecule has 1 aromatic heterocycles. The van der Waals surface area contributed by atoms with E-state index in [0.29, 0.717) is 17.0 Å². The number of hydrogen-bond acceptors (Lipinski definition) is 7. The van der Waals surface area contributed by atoms with Gasteiger partial charge in [-0.25, -0.2) is 0 Å². The summed E-state index contributed by atoms with van der Waals surface area (Å²) in [7, 11) is 1.72. The molecule has 6 nitrogen and oxygen atoms in total. The Morgan fingerprint density at radius 1 is 1.09 bits per heavy atom. The van der Waals surface area contributed by atoms with Crippen LogP contribution in [-0.2, 0) is 5.41 Å². The van der Waals surface area contributed by atoms with E-state index in [1.54, 1.807) is 18.9 Å². The topological polar surface area (TPSA) is 54.6 Å². The minimum atomic E-state index is 0.176. The fraction of sp³-hybridized carbons (Fsp3) is 0.643. The summed E-state index contributed by atoms with van der Waals surface area (Å²) in [5.41, 5.74) is 1.40. The molecule has 4 saturated carbocycles. The standard InChI is InChI=1S/C28H36N4O2S/c1-20-19-32(24-6-5-7-25(15-24)33-2)10-9-31(20)8-3-4-11-35-27-30-29-26(34-27)28-16-21-12-22(17-28)14-23(13-21)18-28/h5-7,15,20-23H,8-14,16-19H2,1-2H3. The third kappa shape index (κ3) is 4.80. The molecular formula is C28H36N4O2S. The van der Waals surface area contributed by atoms with Crippen LogP contribution in [0.5, 0.6) is 5.75 Å². The Hall–Kier alpha value is -2.17. The average molecular weight is 493 g/mol. The zero-order valence-corrected chi connectivity index (χ0v) is 21.7. The summed E-state index contributed by atoms with van der Waals surface area (Å²) in [5.74, 6) is 11.9. The molecule has 2 heterocycles. The van der Waals surface area contributed by atoms with Gasteiger partial charge in [0.15, 0.2) is 0 Å². The molecule has 4 aliphatic carbocycles. The molecule has 0 radical (unpaired) electrons. The van der Waals surface area contributed by atoms with Gasteiger partial charge in [-0.15, -0.1) is 10.2 Å². The highest BCUT2D eigenvalue weighted by atomic mass is 32.2. The maximum absolute atomic E-state index is 6.20. The van der Waals surface area contributed by atoms with Crippen LogP contribution in [0.4, 0.5) is 5.69 Å². The lowest BCUT2D eigenvalue weighted by atomic mass is 9.49. The van der Waals surface area contributed by atoms with Crippen molar-refractivity contribution in [3.05, 3.63) is 30.2 Å². The quantitative estimate of drug-likeness (QED) is 0.422. The summed E-state index contributed by atoms with van der Waals surface area (Å²) in [6.45, 7) is 6.10. The fourth-order valence-electron chi connectivity index (χ4n) is 7.43. The van der Waals surface area contributed by atoms with E-state index in [-0.39, 0.29) is 5.41 Å². The van der Waals surface area contributed by atoms with Crippen LogP contribution in [0, 0.1) is 29.6 Å². The second-order valence-electron chi connectivity index (χ2n) is 11.2. The number of hydrogen-bond donors (Lipinski definition) is 0. The molecule has 1 saturated heterocycles. The van der Waals surface area contributed by atoms with Crippen molar-refractivity contribution in [3.8, 4) is 17.6 Å². The molecule has 0 spiro atoms. The molecule has 1 unspecified atom stereocenters. The molecule has 0 amide bonds. The van der Waals surface area contributed by atoms with Crippen molar-refractivity contribution < 1.29 is 9.15 Å². The number of anilines is 1. The minimum absolute atomic E-state index is 0.176. The van der Waals surface area contributed by atoms with Gasteiger partial charge in [-0.1, -0.05) is 29.7 Å². The molecule has 2 aromatic rings. The lowest BCUT2D eigenvalue weighted by Crippen LogP contribution is -2.52. The van der Waals surface area contributed by atoms with Crippen LogP contribution in [0.3, 0.4) is 0 Å². The second-order valence-corrected chi connectivity index (χ2v) is 12.1. The van der Waals surface area contributed by atoms with Crippen molar-refractivity contribution in [1.29, 1.82) is 0 Å². The Morgan fingerprint density at radius 3 is 2.57 bits per heavy atom. The van der Waals surface area contributed by atoms with Crippen LogP contribution in [-0.4, -0.2) is 60.2 Å². The zero-order valence-electron chi connectivity index (χ0n) is 20.9. The van der Waals surface area contributed by atoms with Gasteiger partial charge >= 0.3 is 0 Å². The van der Waals surface area contributed by atoms with Crippen LogP contribution in [0.25, 0.3) is 0 Å². The van der Waals surface area contributed by atoms with Gasteiger partial charge < -0.3 is 14.1 Å². The van der Waals surface area contributed by atoms with E-state index in [1.807, 2.05) is 6.07 Å². The molecule has 0 N–H and O–H groups in total. The first-order chi connectivity index (χ1) is 17.1. The third-order valence-electron chi connectivity index (χ3n) is 8.76. The molecule has 5 aliphatic rings. The summed E-state index contributed by atoms with van der Waals surface area (Å²) in [5, 5.41) is 9.59. The predicted molar refractivity (Wildman–Crippen MR) is 139 cm³/mol. The molecule has 1 aliphatic heterocycles. The molecule has 1 aromatic carbocycles. The Morgan fingerprint density at radius 2 is 1.86 bits per heavy atom. The molecule has 7 heteroatoms. The van der Waals surface area contributed by atoms with E-state index in [9.17, 15) is 0 Å². The monoisotopic (exact) mass is 492 g/mol. The average Bonchev–Trinajstić information content (AvgIpc) is 3.34. The first-order valence-corrected chi connectivity index (χ1v) is 14.1. The second kappa shape index (κ2) is 9.71. The smallest absolute Gasteiger partial charge is 0.277 e. The molecule has 5 fully saturated rings. The summed E-state index contributed by atoms with van der Waals surface area (Å²) in [4.78, 5) is 4.90. The first kappa shape index (κ1) is 23.2. The van der Waals surface area contributed by atoms with E-state index in [1.165, 1.54) is 44.2 Å². The molecule has 4 bridgehead atoms. The zero-order chi connectivity index (χ0) is 23.8. The van der Waals surface area contributed by atoms with Crippen LogP contribution in [0.1, 0.15) is 51.3 Å². The van der Waals surface area contributed by atoms with E-state index >= 15 is 0 Å². The number of piperazine rings is 1. The van der Waals surface area contributed by atoms with Crippen LogP contribution in [0.2, 0.25) is 0 Å². The van der Waals surface area contributed by atoms with E-state index in [0.717, 1.165) is 55.6 Å². The van der Waals surface area contributed by atoms with E-state index in [2.05, 4.69) is 57.0 Å². The van der Waals surface area contributed by atoms with Crippen molar-refractivity contribution in [2.24, 2.45) is 17.8 Å². The van der Waals surface area contributed by atoms with Crippen LogP contribution >= 0.6 is 11.8 Å². The Labute approximate surface area is 213 Å². The van der Waals surface area contributed by atoms with E-state index in [4.69, 9.17) is 9.15 Å². The summed E-state index contributed by atoms with van der Waals surface area (Å²) < 4.78 is 11.6. The van der Waals surface area contributed by atoms with Crippen molar-refractivity contribution >= 4 is 17.4 Å². The van der Waals surface area contributed by atoms with Crippen molar-refractivity contribution in [2.75, 3.05) is 43.9 Å². The Bertz CT molecular complexity index is 1070. The lowest BCUT2D eigenvalue weighted by molar-refractivity contribution is -0.0191. The van der Waals surface area contributed by atoms with E-state index < -0.39 is 0 Å². The van der Waals surface area contributed by atoms with Crippen LogP contribution in [0.15, 0.2) is 33.9 Å². The van der Waals surface area contributed by atoms with Gasteiger partial charge in [-0.2, -0.15) is 0 Å². The fourth-order valence-corrected chi connectivity index (χ4v) is 7.97. The maximum atomic E-state index is 6.20. The molecule has 7 rings (SSSR count). The first-order valence-electron chi connectivity index (χ1n) is 13.2. The summed E-state index contributed by atoms with van der Waals surface area (Å²) in [6.07, 6.45) is 8.06. The number of ether oxygens (including phenoxy) is 1. The number of nitrogens with zero attached hydrogens (tertiary/aromatic N) is 4. The molecule has 35 heavy (non-hydrogen) atoms. The maximum Gasteiger partial charge on any atom is 0.277 e. The number of methoxy groups -OCH3 is 1. The SMILES string of the molecule is COc1cccc(N2CCN(CC#CCSc3nnc(C45CC6CC(CC(C6)C4)C5)o3)C(C)C2)c1. The number of benzene rings is 1. The third-order valence-corrected chi connectivity index (χ3v) is 9.46. The number of rotatable bonds is 6. The lowest BCUT2D eigenvalue weighted by Gasteiger charge is -2.55. The normalized spacial score (nSPS) is 31.9. The highest BCUT2D eigenvalue weighted by Gasteiger charge is 2.54. The Kier molecular flexibility index (Phi) is 6.45. The largest absolute Gasteiger partial charge is 0.497 e. The van der Waals surface area contributed by atoms with Gasteiger partial charge in [0.1, 0.15) is 5.75 Å². The van der Waals surface area contributed by atoms with Crippen molar-refractivity contribution in [1.82, 2.24) is 15.1 Å². The van der Waals surface area contributed by atoms with Gasteiger partial charge in [-0.3, -0.25) is 4.90 Å². The summed E-state index contributed by atoms with van der Waals surface area (Å²) >= 11 is 1.58. The van der Waals surface area contributed by atoms with Crippen LogP contribution < -0.4 is 9.64 Å². The summed E-state index contributed by atoms with van der Waals surface area (Å²) in [6, 6.07) is 8.79. The molecule has 186 valence electrons. The van der Waals surface area contributed by atoms with Gasteiger partial charge in [-0.05, 0) is 75.3 Å². The van der Waals surface area contributed by atoms with Gasteiger partial charge in [0.2, 0.25) is 5.89 Å². The van der Waals surface area contributed by atoms with Gasteiger partial charge in [0.25, 0.3) is 5.22 Å². The molecular weight excluding hydrogens is 456 g/mol. The highest BCUT2D eigenvalue weighted by Crippen LogP contribution is 2.60. The van der Waals surface area contributed by atoms with Crippen molar-refractivity contribution in [3.63, 3.8) is 0 Å². The minimum Gasteiger partial charge on any atom is -0.497 e. The molecule has 1 atom stereocenters. The number of thioether (sulfide) groups is 1. The Balaban J connectivity index is 0.982. The predicted octanol–water partition coefficient (Wildman–Crippen LogP) is 4.85.